The second kappa shape index (κ2) is 7.58. The number of aromatic nitrogens is 1. The van der Waals surface area contributed by atoms with Crippen LogP contribution in [0.3, 0.4) is 0 Å². The van der Waals surface area contributed by atoms with E-state index in [2.05, 4.69) is 10.3 Å². The van der Waals surface area contributed by atoms with Crippen molar-refractivity contribution in [1.82, 2.24) is 19.5 Å². The third-order valence-corrected chi connectivity index (χ3v) is 8.92. The Morgan fingerprint density at radius 3 is 2.77 bits per heavy atom. The molecule has 1 aromatic carbocycles. The lowest BCUT2D eigenvalue weighted by atomic mass is 9.99. The standard InChI is InChI=1S/C22H26N4O4S/c1-16-4-2-3-5-18(16)11-24-21(27)25-13-19-10-20-22(14-25,30-19)15-26(31(20,28)29)12-17-6-8-23-9-7-17/h2-9,19-20H,10-15H2,1H3,(H,24,27)/t19-,20+,22+/m0/s1. The summed E-state index contributed by atoms with van der Waals surface area (Å²) in [6.07, 6.45) is 3.49. The third-order valence-electron chi connectivity index (χ3n) is 6.60. The number of urea groups is 1. The van der Waals surface area contributed by atoms with Gasteiger partial charge >= 0.3 is 6.03 Å². The smallest absolute Gasteiger partial charge is 0.317 e. The first-order chi connectivity index (χ1) is 14.9. The molecule has 3 aliphatic rings. The maximum atomic E-state index is 13.3. The summed E-state index contributed by atoms with van der Waals surface area (Å²) in [6, 6.07) is 11.4. The Balaban J connectivity index is 1.30. The minimum absolute atomic E-state index is 0.179. The summed E-state index contributed by atoms with van der Waals surface area (Å²) in [7, 11) is -3.51. The van der Waals surface area contributed by atoms with E-state index < -0.39 is 20.9 Å². The number of pyridine rings is 1. The van der Waals surface area contributed by atoms with E-state index in [0.717, 1.165) is 16.7 Å². The second-order valence-electron chi connectivity index (χ2n) is 8.66. The van der Waals surface area contributed by atoms with Gasteiger partial charge in [-0.25, -0.2) is 13.2 Å². The highest BCUT2D eigenvalue weighted by atomic mass is 32.2. The van der Waals surface area contributed by atoms with Crippen LogP contribution in [0.2, 0.25) is 0 Å². The Bertz CT molecular complexity index is 1090. The Labute approximate surface area is 182 Å². The minimum atomic E-state index is -3.51. The molecule has 1 aromatic heterocycles. The summed E-state index contributed by atoms with van der Waals surface area (Å²) in [4.78, 5) is 18.6. The fourth-order valence-electron chi connectivity index (χ4n) is 5.03. The lowest BCUT2D eigenvalue weighted by Crippen LogP contribution is -2.58. The molecule has 164 valence electrons. The fourth-order valence-corrected chi connectivity index (χ4v) is 7.32. The summed E-state index contributed by atoms with van der Waals surface area (Å²) in [5, 5.41) is 2.38. The van der Waals surface area contributed by atoms with Crippen LogP contribution in [0.25, 0.3) is 0 Å². The van der Waals surface area contributed by atoms with Gasteiger partial charge in [-0.1, -0.05) is 24.3 Å². The van der Waals surface area contributed by atoms with Crippen molar-refractivity contribution in [2.45, 2.75) is 43.4 Å². The Morgan fingerprint density at radius 2 is 2.00 bits per heavy atom. The molecule has 2 bridgehead atoms. The number of rotatable bonds is 4. The average molecular weight is 443 g/mol. The highest BCUT2D eigenvalue weighted by Gasteiger charge is 2.65. The van der Waals surface area contributed by atoms with Crippen molar-refractivity contribution in [2.75, 3.05) is 19.6 Å². The topological polar surface area (TPSA) is 91.8 Å². The number of hydrogen-bond acceptors (Lipinski definition) is 5. The van der Waals surface area contributed by atoms with Gasteiger partial charge in [-0.15, -0.1) is 0 Å². The molecule has 1 N–H and O–H groups in total. The molecular formula is C22H26N4O4S. The summed E-state index contributed by atoms with van der Waals surface area (Å²) >= 11 is 0. The number of nitrogens with zero attached hydrogens (tertiary/aromatic N) is 3. The number of carbonyl (C=O) groups is 1. The van der Waals surface area contributed by atoms with Crippen LogP contribution in [0.4, 0.5) is 4.79 Å². The molecule has 31 heavy (non-hydrogen) atoms. The molecule has 0 saturated carbocycles. The van der Waals surface area contributed by atoms with Crippen molar-refractivity contribution in [1.29, 1.82) is 0 Å². The van der Waals surface area contributed by atoms with Crippen molar-refractivity contribution < 1.29 is 17.9 Å². The van der Waals surface area contributed by atoms with Crippen molar-refractivity contribution in [2.24, 2.45) is 0 Å². The van der Waals surface area contributed by atoms with Gasteiger partial charge in [0.05, 0.1) is 12.6 Å². The molecule has 8 nitrogen and oxygen atoms in total. The molecule has 3 fully saturated rings. The van der Waals surface area contributed by atoms with Crippen LogP contribution < -0.4 is 5.32 Å². The molecule has 2 amide bonds. The lowest BCUT2D eigenvalue weighted by Gasteiger charge is -2.39. The monoisotopic (exact) mass is 442 g/mol. The van der Waals surface area contributed by atoms with Crippen LogP contribution in [0.1, 0.15) is 23.1 Å². The van der Waals surface area contributed by atoms with E-state index in [1.165, 1.54) is 4.31 Å². The maximum Gasteiger partial charge on any atom is 0.317 e. The maximum absolute atomic E-state index is 13.3. The van der Waals surface area contributed by atoms with E-state index in [0.29, 0.717) is 19.5 Å². The Kier molecular flexibility index (Phi) is 4.99. The molecule has 0 unspecified atom stereocenters. The molecule has 5 rings (SSSR count). The van der Waals surface area contributed by atoms with Gasteiger partial charge in [0.2, 0.25) is 10.0 Å². The van der Waals surface area contributed by atoms with E-state index in [4.69, 9.17) is 4.74 Å². The van der Waals surface area contributed by atoms with Crippen molar-refractivity contribution in [3.63, 3.8) is 0 Å². The van der Waals surface area contributed by atoms with Gasteiger partial charge in [-0.05, 0) is 42.2 Å². The van der Waals surface area contributed by atoms with Crippen LogP contribution in [0.5, 0.6) is 0 Å². The predicted octanol–water partition coefficient (Wildman–Crippen LogP) is 1.66. The first-order valence-electron chi connectivity index (χ1n) is 10.5. The number of amides is 2. The summed E-state index contributed by atoms with van der Waals surface area (Å²) in [5.41, 5.74) is 2.21. The third kappa shape index (κ3) is 3.60. The first-order valence-corrected chi connectivity index (χ1v) is 12.0. The van der Waals surface area contributed by atoms with E-state index >= 15 is 0 Å². The zero-order valence-electron chi connectivity index (χ0n) is 17.4. The first kappa shape index (κ1) is 20.4. The zero-order valence-corrected chi connectivity index (χ0v) is 18.2. The number of hydrogen-bond donors (Lipinski definition) is 1. The SMILES string of the molecule is Cc1ccccc1CNC(=O)N1C[C@@H]2C[C@@H]3[C@@](C1)(CN(Cc1ccncc1)S3(=O)=O)O2. The highest BCUT2D eigenvalue weighted by Crippen LogP contribution is 2.46. The van der Waals surface area contributed by atoms with Gasteiger partial charge < -0.3 is 15.0 Å². The lowest BCUT2D eigenvalue weighted by molar-refractivity contribution is -0.0958. The van der Waals surface area contributed by atoms with Gasteiger partial charge in [-0.2, -0.15) is 4.31 Å². The van der Waals surface area contributed by atoms with Gasteiger partial charge in [0.1, 0.15) is 10.9 Å². The number of sulfonamides is 1. The zero-order chi connectivity index (χ0) is 21.6. The van der Waals surface area contributed by atoms with Crippen molar-refractivity contribution in [3.05, 3.63) is 65.5 Å². The number of likely N-dealkylation sites (tertiary alicyclic amines) is 1. The molecule has 4 heterocycles. The van der Waals surface area contributed by atoms with Crippen LogP contribution in [-0.4, -0.2) is 65.2 Å². The summed E-state index contributed by atoms with van der Waals surface area (Å²) in [6.45, 7) is 3.70. The van der Waals surface area contributed by atoms with Crippen LogP contribution >= 0.6 is 0 Å². The number of nitrogens with one attached hydrogen (secondary N) is 1. The quantitative estimate of drug-likeness (QED) is 0.778. The van der Waals surface area contributed by atoms with E-state index in [1.807, 2.05) is 43.3 Å². The van der Waals surface area contributed by atoms with Gasteiger partial charge in [0, 0.05) is 38.6 Å². The number of benzene rings is 1. The minimum Gasteiger partial charge on any atom is -0.365 e. The summed E-state index contributed by atoms with van der Waals surface area (Å²) in [5.74, 6) is 0. The number of carbonyl (C=O) groups excluding carboxylic acids is 1. The van der Waals surface area contributed by atoms with Gasteiger partial charge in [0.15, 0.2) is 0 Å². The van der Waals surface area contributed by atoms with Gasteiger partial charge in [0.25, 0.3) is 0 Å². The second-order valence-corrected chi connectivity index (χ2v) is 10.8. The molecule has 1 spiro atoms. The molecule has 0 radical (unpaired) electrons. The van der Waals surface area contributed by atoms with E-state index in [1.54, 1.807) is 17.3 Å². The number of ether oxygens (including phenoxy) is 1. The van der Waals surface area contributed by atoms with Crippen molar-refractivity contribution >= 4 is 16.1 Å². The Hall–Kier alpha value is -2.49. The molecule has 3 atom stereocenters. The number of aryl methyl sites for hydroxylation is 1. The Morgan fingerprint density at radius 1 is 1.23 bits per heavy atom. The summed E-state index contributed by atoms with van der Waals surface area (Å²) < 4.78 is 34.2. The highest BCUT2D eigenvalue weighted by molar-refractivity contribution is 7.90. The molecular weight excluding hydrogens is 416 g/mol. The molecule has 0 aliphatic carbocycles. The fraction of sp³-hybridized carbons (Fsp3) is 0.455. The number of fused-ring (bicyclic) bond motifs is 1. The van der Waals surface area contributed by atoms with Crippen LogP contribution in [-0.2, 0) is 27.8 Å². The average Bonchev–Trinajstić information content (AvgIpc) is 3.12. The van der Waals surface area contributed by atoms with E-state index in [9.17, 15) is 13.2 Å². The molecule has 2 aromatic rings. The van der Waals surface area contributed by atoms with Gasteiger partial charge in [-0.3, -0.25) is 4.98 Å². The van der Waals surface area contributed by atoms with Crippen molar-refractivity contribution in [3.8, 4) is 0 Å². The predicted molar refractivity (Wildman–Crippen MR) is 115 cm³/mol. The van der Waals surface area contributed by atoms with Crippen LogP contribution in [0.15, 0.2) is 48.8 Å². The van der Waals surface area contributed by atoms with E-state index in [-0.39, 0.29) is 31.8 Å². The molecule has 3 aliphatic heterocycles. The largest absolute Gasteiger partial charge is 0.365 e. The molecule has 3 saturated heterocycles. The van der Waals surface area contributed by atoms with Crippen LogP contribution in [0, 0.1) is 6.92 Å². The molecule has 9 heteroatoms. The number of morpholine rings is 1. The normalized spacial score (nSPS) is 29.0.